The molecular weight excluding hydrogens is 1000 g/mol. The zero-order valence-electron chi connectivity index (χ0n) is 53.3. The van der Waals surface area contributed by atoms with Gasteiger partial charge in [-0.15, -0.1) is 0 Å². The first-order valence-corrected chi connectivity index (χ1v) is 33.5. The van der Waals surface area contributed by atoms with Crippen LogP contribution in [0.5, 0.6) is 0 Å². The summed E-state index contributed by atoms with van der Waals surface area (Å²) in [4.78, 5) is 5.21. The molecule has 1 aliphatic carbocycles. The normalized spacial score (nSPS) is 14.9. The summed E-state index contributed by atoms with van der Waals surface area (Å²) in [5.74, 6) is 1.19. The van der Waals surface area contributed by atoms with Gasteiger partial charge in [0.2, 0.25) is 0 Å². The highest BCUT2D eigenvalue weighted by molar-refractivity contribution is 6.01. The van der Waals surface area contributed by atoms with Crippen LogP contribution in [0.3, 0.4) is 0 Å². The first-order chi connectivity index (χ1) is 40.4. The molecule has 0 fully saturated rings. The highest BCUT2D eigenvalue weighted by Crippen LogP contribution is 2.59. The van der Waals surface area contributed by atoms with Crippen LogP contribution < -0.4 is 9.80 Å². The summed E-state index contributed by atoms with van der Waals surface area (Å²) in [5, 5.41) is 5.08. The van der Waals surface area contributed by atoms with Gasteiger partial charge in [-0.25, -0.2) is 0 Å². The topological polar surface area (TPSA) is 6.48 Å². The maximum absolute atomic E-state index is 2.69. The Balaban J connectivity index is 1.23. The molecular formula is C81H104N2. The Morgan fingerprint density at radius 3 is 1.13 bits per heavy atom. The van der Waals surface area contributed by atoms with Gasteiger partial charge in [0, 0.05) is 38.9 Å². The van der Waals surface area contributed by atoms with Gasteiger partial charge in [-0.3, -0.25) is 0 Å². The fraction of sp³-hybridized carbons (Fsp3) is 0.457. The second kappa shape index (κ2) is 28.6. The quantitative estimate of drug-likeness (QED) is 0.0388. The van der Waals surface area contributed by atoms with E-state index < -0.39 is 0 Å². The summed E-state index contributed by atoms with van der Waals surface area (Å²) in [6.45, 7) is 24.2. The molecule has 8 aromatic rings. The van der Waals surface area contributed by atoms with E-state index in [0.29, 0.717) is 11.8 Å². The molecule has 0 heterocycles. The molecule has 2 atom stereocenters. The van der Waals surface area contributed by atoms with Crippen molar-refractivity contribution in [2.24, 2.45) is 11.8 Å². The minimum atomic E-state index is -0.204. The van der Waals surface area contributed by atoms with Gasteiger partial charge in [0.1, 0.15) is 0 Å². The van der Waals surface area contributed by atoms with Crippen LogP contribution in [0, 0.1) is 11.8 Å². The van der Waals surface area contributed by atoms with Crippen molar-refractivity contribution in [2.45, 2.75) is 227 Å². The summed E-state index contributed by atoms with van der Waals surface area (Å²) in [6, 6.07) is 66.7. The van der Waals surface area contributed by atoms with Crippen LogP contribution in [-0.2, 0) is 16.2 Å². The van der Waals surface area contributed by atoms with E-state index in [0.717, 1.165) is 12.8 Å². The summed E-state index contributed by atoms with van der Waals surface area (Å²) in [7, 11) is 0. The first-order valence-electron chi connectivity index (χ1n) is 33.5. The maximum atomic E-state index is 2.69. The highest BCUT2D eigenvalue weighted by Gasteiger charge is 2.46. The molecule has 438 valence electrons. The first kappa shape index (κ1) is 61.4. The van der Waals surface area contributed by atoms with Gasteiger partial charge in [-0.1, -0.05) is 294 Å². The summed E-state index contributed by atoms with van der Waals surface area (Å²) in [5.41, 5.74) is 16.1. The standard InChI is InChI=1S/C81H104N2/c1-11-17-21-23-24-30-56-80(9,10)66-45-49-68(50-46-66)83(78-42-32-38-64-36-26-28-40-72(64)78)70-52-54-74-73-53-51-69(57-75(73)81(76(74)58-70,59-61(15-5)33-19-13-3)60-62(16-6)34-20-14-4)82(77-41-31-37-63-35-25-27-39-71(63)77)67-47-43-65(44-48-67)79(7,8)55-29-22-18-12-2/h25-28,31-32,35-54,57-58,61-62H,11-24,29-30,33-34,55-56,59-60H2,1-10H3. The molecule has 2 unspecified atom stereocenters. The van der Waals surface area contributed by atoms with Crippen LogP contribution in [0.4, 0.5) is 34.1 Å². The number of hydrogen-bond acceptors (Lipinski definition) is 2. The minimum absolute atomic E-state index is 0.101. The number of rotatable bonds is 32. The zero-order chi connectivity index (χ0) is 58.4. The SMILES string of the molecule is CCCCCCCCC(C)(C)c1ccc(N(c2ccc3c(c2)C(CC(CC)CCCC)(CC(CC)CCCC)c2cc(N(c4ccc(C(C)(C)CCCCCC)cc4)c4cccc5ccccc45)ccc2-3)c2cccc3ccccc23)cc1. The molecule has 0 radical (unpaired) electrons. The summed E-state index contributed by atoms with van der Waals surface area (Å²) in [6.07, 6.45) is 27.7. The predicted octanol–water partition coefficient (Wildman–Crippen LogP) is 25.7. The number of fused-ring (bicyclic) bond motifs is 5. The fourth-order valence-electron chi connectivity index (χ4n) is 14.6. The van der Waals surface area contributed by atoms with Gasteiger partial charge in [0.15, 0.2) is 0 Å². The van der Waals surface area contributed by atoms with E-state index in [1.165, 1.54) is 217 Å². The number of benzene rings is 8. The molecule has 0 amide bonds. The number of nitrogens with zero attached hydrogens (tertiary/aromatic N) is 2. The Hall–Kier alpha value is -6.12. The Kier molecular flexibility index (Phi) is 21.2. The Morgan fingerprint density at radius 2 is 0.723 bits per heavy atom. The van der Waals surface area contributed by atoms with E-state index in [1.807, 2.05) is 0 Å². The lowest BCUT2D eigenvalue weighted by Crippen LogP contribution is -2.32. The van der Waals surface area contributed by atoms with E-state index in [9.17, 15) is 0 Å². The number of hydrogen-bond donors (Lipinski definition) is 0. The maximum Gasteiger partial charge on any atom is 0.0540 e. The fourth-order valence-corrected chi connectivity index (χ4v) is 14.6. The second-order valence-electron chi connectivity index (χ2n) is 26.6. The van der Waals surface area contributed by atoms with Gasteiger partial charge < -0.3 is 9.80 Å². The van der Waals surface area contributed by atoms with Crippen molar-refractivity contribution in [1.82, 2.24) is 0 Å². The highest BCUT2D eigenvalue weighted by atomic mass is 15.2. The summed E-state index contributed by atoms with van der Waals surface area (Å²) >= 11 is 0. The monoisotopic (exact) mass is 1100 g/mol. The van der Waals surface area contributed by atoms with Crippen molar-refractivity contribution in [3.63, 3.8) is 0 Å². The van der Waals surface area contributed by atoms with Crippen molar-refractivity contribution < 1.29 is 0 Å². The Bertz CT molecular complexity index is 3270. The Labute approximate surface area is 504 Å². The molecule has 0 saturated carbocycles. The predicted molar refractivity (Wildman–Crippen MR) is 366 cm³/mol. The van der Waals surface area contributed by atoms with Gasteiger partial charge in [-0.2, -0.15) is 0 Å². The molecule has 8 aromatic carbocycles. The molecule has 0 N–H and O–H groups in total. The average molecular weight is 1110 g/mol. The smallest absolute Gasteiger partial charge is 0.0540 e. The third-order valence-electron chi connectivity index (χ3n) is 19.8. The molecule has 0 bridgehead atoms. The molecule has 83 heavy (non-hydrogen) atoms. The van der Waals surface area contributed by atoms with E-state index in [2.05, 4.69) is 249 Å². The second-order valence-corrected chi connectivity index (χ2v) is 26.6. The molecule has 0 aromatic heterocycles. The lowest BCUT2D eigenvalue weighted by Gasteiger charge is -2.39. The van der Waals surface area contributed by atoms with E-state index >= 15 is 0 Å². The van der Waals surface area contributed by atoms with Crippen molar-refractivity contribution in [3.05, 3.63) is 192 Å². The van der Waals surface area contributed by atoms with Crippen molar-refractivity contribution >= 4 is 55.7 Å². The van der Waals surface area contributed by atoms with Crippen LogP contribution in [0.25, 0.3) is 32.7 Å². The van der Waals surface area contributed by atoms with Gasteiger partial charge in [0.05, 0.1) is 11.4 Å². The number of unbranched alkanes of at least 4 members (excludes halogenated alkanes) is 10. The summed E-state index contributed by atoms with van der Waals surface area (Å²) < 4.78 is 0. The minimum Gasteiger partial charge on any atom is -0.310 e. The van der Waals surface area contributed by atoms with Crippen molar-refractivity contribution in [2.75, 3.05) is 9.80 Å². The van der Waals surface area contributed by atoms with Crippen LogP contribution in [0.1, 0.15) is 233 Å². The average Bonchev–Trinajstić information content (AvgIpc) is 3.78. The van der Waals surface area contributed by atoms with E-state index in [1.54, 1.807) is 0 Å². The van der Waals surface area contributed by atoms with Crippen molar-refractivity contribution in [3.8, 4) is 11.1 Å². The lowest BCUT2D eigenvalue weighted by atomic mass is 9.65. The molecule has 0 spiro atoms. The van der Waals surface area contributed by atoms with Crippen LogP contribution in [-0.4, -0.2) is 0 Å². The number of anilines is 6. The molecule has 0 saturated heterocycles. The largest absolute Gasteiger partial charge is 0.310 e. The van der Waals surface area contributed by atoms with Crippen LogP contribution >= 0.6 is 0 Å². The van der Waals surface area contributed by atoms with Crippen LogP contribution in [0.2, 0.25) is 0 Å². The third-order valence-corrected chi connectivity index (χ3v) is 19.8. The van der Waals surface area contributed by atoms with Gasteiger partial charge in [0.25, 0.3) is 0 Å². The Morgan fingerprint density at radius 1 is 0.361 bits per heavy atom. The van der Waals surface area contributed by atoms with Crippen LogP contribution in [0.15, 0.2) is 170 Å². The molecule has 0 aliphatic heterocycles. The third kappa shape index (κ3) is 14.0. The zero-order valence-corrected chi connectivity index (χ0v) is 53.3. The molecule has 2 nitrogen and oxygen atoms in total. The molecule has 1 aliphatic rings. The van der Waals surface area contributed by atoms with E-state index in [4.69, 9.17) is 0 Å². The van der Waals surface area contributed by atoms with Gasteiger partial charge >= 0.3 is 0 Å². The van der Waals surface area contributed by atoms with E-state index in [-0.39, 0.29) is 16.2 Å². The molecule has 9 rings (SSSR count). The molecule has 2 heteroatoms. The lowest BCUT2D eigenvalue weighted by molar-refractivity contribution is 0.266. The van der Waals surface area contributed by atoms with Gasteiger partial charge in [-0.05, 0) is 153 Å². The van der Waals surface area contributed by atoms with Crippen molar-refractivity contribution in [1.29, 1.82) is 0 Å².